The van der Waals surface area contributed by atoms with Gasteiger partial charge in [-0.15, -0.1) is 12.4 Å². The molecule has 0 bridgehead atoms. The van der Waals surface area contributed by atoms with Gasteiger partial charge in [0.15, 0.2) is 0 Å². The molecule has 0 rings (SSSR count). The number of carbonyl (C=O) groups excluding carboxylic acids is 1. The van der Waals surface area contributed by atoms with Crippen molar-refractivity contribution in [3.63, 3.8) is 0 Å². The summed E-state index contributed by atoms with van der Waals surface area (Å²) in [6, 6.07) is 0. The molecule has 0 spiro atoms. The summed E-state index contributed by atoms with van der Waals surface area (Å²) < 4.78 is 4.74. The third-order valence-corrected chi connectivity index (χ3v) is 0.834. The van der Waals surface area contributed by atoms with Crippen molar-refractivity contribution in [2.24, 2.45) is 0 Å². The molecule has 0 aromatic heterocycles. The Morgan fingerprint density at radius 1 is 1.70 bits per heavy atom. The van der Waals surface area contributed by atoms with Gasteiger partial charge in [0.05, 0.1) is 0 Å². The molecule has 0 amide bonds. The zero-order valence-corrected chi connectivity index (χ0v) is 7.33. The lowest BCUT2D eigenvalue weighted by molar-refractivity contribution is -0.146. The number of nitrogens with one attached hydrogen (secondary N) is 1. The Hall–Kier alpha value is -0.280. The Morgan fingerprint density at radius 3 is 2.50 bits per heavy atom. The topological polar surface area (TPSA) is 38.3 Å². The summed E-state index contributed by atoms with van der Waals surface area (Å²) in [6.07, 6.45) is -0.160. The summed E-state index contributed by atoms with van der Waals surface area (Å²) in [7, 11) is 0. The summed E-state index contributed by atoms with van der Waals surface area (Å²) >= 11 is 0. The second kappa shape index (κ2) is 6.83. The molecule has 62 valence electrons. The van der Waals surface area contributed by atoms with E-state index in [2.05, 4.69) is 5.32 Å². The predicted octanol–water partition coefficient (Wildman–Crippen LogP) is 0.927. The lowest BCUT2D eigenvalue weighted by Crippen LogP contribution is -2.29. The van der Waals surface area contributed by atoms with Crippen molar-refractivity contribution in [2.75, 3.05) is 6.54 Å². The van der Waals surface area contributed by atoms with E-state index in [1.165, 1.54) is 6.92 Å². The summed E-state index contributed by atoms with van der Waals surface area (Å²) in [4.78, 5) is 10.3. The van der Waals surface area contributed by atoms with Crippen molar-refractivity contribution < 1.29 is 9.53 Å². The van der Waals surface area contributed by atoms with Crippen molar-refractivity contribution >= 4 is 18.4 Å². The second-order valence-corrected chi connectivity index (χ2v) is 1.81. The first-order chi connectivity index (χ1) is 4.16. The molecule has 10 heavy (non-hydrogen) atoms. The van der Waals surface area contributed by atoms with E-state index in [0.29, 0.717) is 0 Å². The maximum absolute atomic E-state index is 10.3. The van der Waals surface area contributed by atoms with Gasteiger partial charge in [-0.2, -0.15) is 0 Å². The Balaban J connectivity index is 0. The summed E-state index contributed by atoms with van der Waals surface area (Å²) in [5, 5.41) is 2.93. The fourth-order valence-electron chi connectivity index (χ4n) is 0.578. The average molecular weight is 168 g/mol. The molecule has 1 atom stereocenters. The van der Waals surface area contributed by atoms with Crippen LogP contribution in [0.3, 0.4) is 0 Å². The first-order valence-electron chi connectivity index (χ1n) is 3.07. The SMILES string of the molecule is CCNC(C)OC(C)=O.Cl. The van der Waals surface area contributed by atoms with Crippen LogP contribution in [0.1, 0.15) is 20.8 Å². The average Bonchev–Trinajstić information content (AvgIpc) is 1.63. The number of halogens is 1. The quantitative estimate of drug-likeness (QED) is 0.502. The van der Waals surface area contributed by atoms with Crippen LogP contribution in [0, 0.1) is 0 Å². The van der Waals surface area contributed by atoms with Gasteiger partial charge in [-0.1, -0.05) is 6.92 Å². The third kappa shape index (κ3) is 7.72. The summed E-state index contributed by atoms with van der Waals surface area (Å²) in [5.41, 5.74) is 0. The molecule has 0 radical (unpaired) electrons. The molecular formula is C6H14ClNO2. The van der Waals surface area contributed by atoms with Crippen LogP contribution in [0.25, 0.3) is 0 Å². The van der Waals surface area contributed by atoms with Crippen molar-refractivity contribution in [3.8, 4) is 0 Å². The highest BCUT2D eigenvalue weighted by molar-refractivity contribution is 5.85. The van der Waals surface area contributed by atoms with E-state index in [4.69, 9.17) is 4.74 Å². The molecule has 0 heterocycles. The summed E-state index contributed by atoms with van der Waals surface area (Å²) in [6.45, 7) is 5.97. The Kier molecular flexibility index (Phi) is 8.48. The predicted molar refractivity (Wildman–Crippen MR) is 42.2 cm³/mol. The van der Waals surface area contributed by atoms with E-state index < -0.39 is 0 Å². The largest absolute Gasteiger partial charge is 0.447 e. The van der Waals surface area contributed by atoms with E-state index in [0.717, 1.165) is 6.54 Å². The third-order valence-electron chi connectivity index (χ3n) is 0.834. The molecule has 4 heteroatoms. The molecule has 1 unspecified atom stereocenters. The van der Waals surface area contributed by atoms with Gasteiger partial charge < -0.3 is 4.74 Å². The van der Waals surface area contributed by atoms with Crippen LogP contribution in [0.2, 0.25) is 0 Å². The van der Waals surface area contributed by atoms with Gasteiger partial charge in [-0.25, -0.2) is 0 Å². The van der Waals surface area contributed by atoms with Crippen LogP contribution in [0.5, 0.6) is 0 Å². The minimum atomic E-state index is -0.247. The minimum Gasteiger partial charge on any atom is -0.447 e. The zero-order valence-electron chi connectivity index (χ0n) is 6.51. The number of ether oxygens (including phenoxy) is 1. The maximum atomic E-state index is 10.3. The fraction of sp³-hybridized carbons (Fsp3) is 0.833. The highest BCUT2D eigenvalue weighted by atomic mass is 35.5. The van der Waals surface area contributed by atoms with Crippen molar-refractivity contribution in [3.05, 3.63) is 0 Å². The zero-order chi connectivity index (χ0) is 7.28. The highest BCUT2D eigenvalue weighted by Crippen LogP contribution is 1.84. The van der Waals surface area contributed by atoms with Crippen LogP contribution in [0.15, 0.2) is 0 Å². The van der Waals surface area contributed by atoms with E-state index in [1.54, 1.807) is 6.92 Å². The lowest BCUT2D eigenvalue weighted by atomic mass is 10.6. The molecular weight excluding hydrogens is 154 g/mol. The van der Waals surface area contributed by atoms with Gasteiger partial charge in [-0.05, 0) is 13.5 Å². The molecule has 0 saturated carbocycles. The molecule has 0 aromatic rings. The highest BCUT2D eigenvalue weighted by Gasteiger charge is 2.00. The van der Waals surface area contributed by atoms with Crippen LogP contribution in [0.4, 0.5) is 0 Å². The van der Waals surface area contributed by atoms with Gasteiger partial charge in [0, 0.05) is 6.92 Å². The van der Waals surface area contributed by atoms with E-state index in [1.807, 2.05) is 6.92 Å². The van der Waals surface area contributed by atoms with Crippen LogP contribution in [-0.2, 0) is 9.53 Å². The molecule has 0 fully saturated rings. The van der Waals surface area contributed by atoms with Crippen molar-refractivity contribution in [1.82, 2.24) is 5.32 Å². The molecule has 3 nitrogen and oxygen atoms in total. The van der Waals surface area contributed by atoms with Gasteiger partial charge >= 0.3 is 5.97 Å². The first-order valence-corrected chi connectivity index (χ1v) is 3.07. The molecule has 0 aliphatic carbocycles. The monoisotopic (exact) mass is 167 g/mol. The molecule has 1 N–H and O–H groups in total. The number of hydrogen-bond donors (Lipinski definition) is 1. The molecule has 0 saturated heterocycles. The number of rotatable bonds is 3. The van der Waals surface area contributed by atoms with Gasteiger partial charge in [0.2, 0.25) is 0 Å². The van der Waals surface area contributed by atoms with Gasteiger partial charge in [0.25, 0.3) is 0 Å². The van der Waals surface area contributed by atoms with E-state index in [-0.39, 0.29) is 24.6 Å². The fourth-order valence-corrected chi connectivity index (χ4v) is 0.578. The Morgan fingerprint density at radius 2 is 2.20 bits per heavy atom. The van der Waals surface area contributed by atoms with Gasteiger partial charge in [0.1, 0.15) is 6.23 Å². The van der Waals surface area contributed by atoms with Crippen LogP contribution < -0.4 is 5.32 Å². The van der Waals surface area contributed by atoms with Crippen LogP contribution in [-0.4, -0.2) is 18.7 Å². The number of esters is 1. The first kappa shape index (κ1) is 12.4. The van der Waals surface area contributed by atoms with Crippen LogP contribution >= 0.6 is 12.4 Å². The maximum Gasteiger partial charge on any atom is 0.304 e. The normalized spacial score (nSPS) is 11.5. The van der Waals surface area contributed by atoms with Gasteiger partial charge in [-0.3, -0.25) is 10.1 Å². The second-order valence-electron chi connectivity index (χ2n) is 1.81. The Bertz CT molecular complexity index is 97.7. The molecule has 0 aromatic carbocycles. The van der Waals surface area contributed by atoms with E-state index >= 15 is 0 Å². The standard InChI is InChI=1S/C6H13NO2.ClH/c1-4-7-5(2)9-6(3)8;/h5,7H,4H2,1-3H3;1H. The van der Waals surface area contributed by atoms with Crippen molar-refractivity contribution in [2.45, 2.75) is 27.0 Å². The molecule has 0 aliphatic heterocycles. The van der Waals surface area contributed by atoms with E-state index in [9.17, 15) is 4.79 Å². The summed E-state index contributed by atoms with van der Waals surface area (Å²) in [5.74, 6) is -0.247. The number of carbonyl (C=O) groups is 1. The smallest absolute Gasteiger partial charge is 0.304 e. The lowest BCUT2D eigenvalue weighted by Gasteiger charge is -2.10. The van der Waals surface area contributed by atoms with Crippen molar-refractivity contribution in [1.29, 1.82) is 0 Å². The number of hydrogen-bond acceptors (Lipinski definition) is 3. The minimum absolute atomic E-state index is 0. The molecule has 0 aliphatic rings. The Labute approximate surface area is 67.5 Å².